The molecule has 0 bridgehead atoms. The van der Waals surface area contributed by atoms with Crippen LogP contribution in [0.4, 0.5) is 5.13 Å². The number of methoxy groups -OCH3 is 2. The van der Waals surface area contributed by atoms with E-state index in [2.05, 4.69) is 24.0 Å². The quantitative estimate of drug-likeness (QED) is 0.338. The zero-order chi connectivity index (χ0) is 23.4. The molecule has 33 heavy (non-hydrogen) atoms. The molecule has 0 aliphatic carbocycles. The monoisotopic (exact) mass is 459 g/mol. The van der Waals surface area contributed by atoms with E-state index < -0.39 is 0 Å². The number of nitrogens with zero attached hydrogens (tertiary/aromatic N) is 3. The summed E-state index contributed by atoms with van der Waals surface area (Å²) in [6.07, 6.45) is 6.81. The molecule has 0 radical (unpaired) electrons. The number of pyridine rings is 1. The first kappa shape index (κ1) is 22.5. The summed E-state index contributed by atoms with van der Waals surface area (Å²) in [6, 6.07) is 13.6. The summed E-state index contributed by atoms with van der Waals surface area (Å²) >= 11 is 1.52. The van der Waals surface area contributed by atoms with E-state index in [1.54, 1.807) is 43.7 Å². The Labute approximate surface area is 197 Å². The number of amides is 1. The summed E-state index contributed by atoms with van der Waals surface area (Å²) in [6.45, 7) is 4.49. The van der Waals surface area contributed by atoms with Crippen LogP contribution in [0.1, 0.15) is 22.3 Å². The number of hydrogen-bond acceptors (Lipinski definition) is 6. The topological polar surface area (TPSA) is 64.5 Å². The van der Waals surface area contributed by atoms with Gasteiger partial charge in [-0.15, -0.1) is 0 Å². The minimum atomic E-state index is -0.165. The Kier molecular flexibility index (Phi) is 6.70. The van der Waals surface area contributed by atoms with Crippen LogP contribution in [0.3, 0.4) is 0 Å². The lowest BCUT2D eigenvalue weighted by Gasteiger charge is -2.18. The summed E-state index contributed by atoms with van der Waals surface area (Å²) in [5.41, 5.74) is 4.96. The molecule has 0 fully saturated rings. The first-order valence-corrected chi connectivity index (χ1v) is 11.3. The highest BCUT2D eigenvalue weighted by molar-refractivity contribution is 7.22. The highest BCUT2D eigenvalue weighted by Crippen LogP contribution is 2.33. The molecule has 0 aliphatic rings. The van der Waals surface area contributed by atoms with E-state index in [1.807, 2.05) is 37.3 Å². The van der Waals surface area contributed by atoms with Gasteiger partial charge < -0.3 is 9.47 Å². The van der Waals surface area contributed by atoms with Gasteiger partial charge in [-0.05, 0) is 66.4 Å². The van der Waals surface area contributed by atoms with Crippen LogP contribution in [0.25, 0.3) is 16.3 Å². The maximum absolute atomic E-state index is 13.4. The molecular weight excluding hydrogens is 434 g/mol. The van der Waals surface area contributed by atoms with Gasteiger partial charge in [0, 0.05) is 18.5 Å². The van der Waals surface area contributed by atoms with Gasteiger partial charge >= 0.3 is 0 Å². The van der Waals surface area contributed by atoms with Crippen molar-refractivity contribution in [2.45, 2.75) is 20.4 Å². The Morgan fingerprint density at radius 3 is 2.64 bits per heavy atom. The minimum absolute atomic E-state index is 0.165. The molecule has 6 nitrogen and oxygen atoms in total. The molecule has 0 saturated heterocycles. The Hall–Kier alpha value is -3.71. The van der Waals surface area contributed by atoms with Gasteiger partial charge in [-0.1, -0.05) is 29.5 Å². The van der Waals surface area contributed by atoms with E-state index in [0.29, 0.717) is 23.2 Å². The number of carbonyl (C=O) groups is 1. The van der Waals surface area contributed by atoms with Crippen molar-refractivity contribution in [3.05, 3.63) is 83.2 Å². The van der Waals surface area contributed by atoms with Crippen molar-refractivity contribution in [3.8, 4) is 11.5 Å². The van der Waals surface area contributed by atoms with Gasteiger partial charge in [0.15, 0.2) is 16.6 Å². The largest absolute Gasteiger partial charge is 0.493 e. The van der Waals surface area contributed by atoms with Crippen LogP contribution in [0, 0.1) is 13.8 Å². The Morgan fingerprint density at radius 1 is 1.09 bits per heavy atom. The fourth-order valence-electron chi connectivity index (χ4n) is 3.60. The van der Waals surface area contributed by atoms with Gasteiger partial charge in [-0.25, -0.2) is 4.98 Å². The number of fused-ring (bicyclic) bond motifs is 1. The van der Waals surface area contributed by atoms with E-state index in [4.69, 9.17) is 14.5 Å². The van der Waals surface area contributed by atoms with Gasteiger partial charge in [0.1, 0.15) is 0 Å². The average Bonchev–Trinajstić information content (AvgIpc) is 3.25. The van der Waals surface area contributed by atoms with E-state index in [-0.39, 0.29) is 5.91 Å². The van der Waals surface area contributed by atoms with Crippen molar-refractivity contribution < 1.29 is 14.3 Å². The molecule has 168 valence electrons. The molecular formula is C26H25N3O3S. The van der Waals surface area contributed by atoms with Crippen molar-refractivity contribution in [2.75, 3.05) is 19.1 Å². The van der Waals surface area contributed by atoms with Crippen LogP contribution in [0.5, 0.6) is 11.5 Å². The van der Waals surface area contributed by atoms with Gasteiger partial charge in [-0.3, -0.25) is 14.7 Å². The maximum atomic E-state index is 13.4. The van der Waals surface area contributed by atoms with E-state index in [9.17, 15) is 4.79 Å². The standard InChI is InChI=1S/C26H25N3O3S/c1-17-12-18(2)25-23(13-17)33-26(28-25)29(16-20-6-5-11-27-15-20)24(30)10-8-19-7-9-21(31-3)22(14-19)32-4/h5-15H,16H2,1-4H3/b10-8+. The predicted octanol–water partition coefficient (Wildman–Crippen LogP) is 5.57. The molecule has 1 amide bonds. The number of hydrogen-bond donors (Lipinski definition) is 0. The lowest BCUT2D eigenvalue weighted by Crippen LogP contribution is -2.28. The molecule has 2 aromatic heterocycles. The van der Waals surface area contributed by atoms with Crippen LogP contribution in [-0.4, -0.2) is 30.1 Å². The highest BCUT2D eigenvalue weighted by Gasteiger charge is 2.19. The lowest BCUT2D eigenvalue weighted by atomic mass is 10.1. The van der Waals surface area contributed by atoms with Crippen LogP contribution >= 0.6 is 11.3 Å². The number of carbonyl (C=O) groups excluding carboxylic acids is 1. The summed E-state index contributed by atoms with van der Waals surface area (Å²) in [4.78, 5) is 24.0. The van der Waals surface area contributed by atoms with Gasteiger partial charge in [0.05, 0.1) is 31.0 Å². The second-order valence-electron chi connectivity index (χ2n) is 7.66. The lowest BCUT2D eigenvalue weighted by molar-refractivity contribution is -0.114. The number of rotatable bonds is 7. The molecule has 0 unspecified atom stereocenters. The number of ether oxygens (including phenoxy) is 2. The van der Waals surface area contributed by atoms with Crippen molar-refractivity contribution in [1.82, 2.24) is 9.97 Å². The minimum Gasteiger partial charge on any atom is -0.493 e. The fourth-order valence-corrected chi connectivity index (χ4v) is 4.75. The third-order valence-corrected chi connectivity index (χ3v) is 6.23. The SMILES string of the molecule is COc1ccc(/C=C/C(=O)N(Cc2cccnc2)c2nc3c(C)cc(C)cc3s2)cc1OC. The number of anilines is 1. The van der Waals surface area contributed by atoms with Crippen molar-refractivity contribution in [1.29, 1.82) is 0 Å². The molecule has 0 aliphatic heterocycles. The highest BCUT2D eigenvalue weighted by atomic mass is 32.1. The average molecular weight is 460 g/mol. The van der Waals surface area contributed by atoms with E-state index in [0.717, 1.165) is 26.9 Å². The summed E-state index contributed by atoms with van der Waals surface area (Å²) < 4.78 is 11.7. The maximum Gasteiger partial charge on any atom is 0.253 e. The van der Waals surface area contributed by atoms with Gasteiger partial charge in [0.25, 0.3) is 5.91 Å². The first-order chi connectivity index (χ1) is 16.0. The second-order valence-corrected chi connectivity index (χ2v) is 8.67. The number of thiazole rings is 1. The molecule has 7 heteroatoms. The zero-order valence-electron chi connectivity index (χ0n) is 19.0. The van der Waals surface area contributed by atoms with E-state index >= 15 is 0 Å². The summed E-state index contributed by atoms with van der Waals surface area (Å²) in [7, 11) is 3.18. The van der Waals surface area contributed by atoms with Crippen molar-refractivity contribution >= 4 is 38.7 Å². The Bertz CT molecular complexity index is 1320. The van der Waals surface area contributed by atoms with E-state index in [1.165, 1.54) is 16.9 Å². The number of aryl methyl sites for hydroxylation is 2. The second kappa shape index (κ2) is 9.83. The van der Waals surface area contributed by atoms with Crippen molar-refractivity contribution in [3.63, 3.8) is 0 Å². The predicted molar refractivity (Wildman–Crippen MR) is 133 cm³/mol. The van der Waals surface area contributed by atoms with Crippen LogP contribution in [0.15, 0.2) is 60.9 Å². The molecule has 0 spiro atoms. The third kappa shape index (κ3) is 5.04. The zero-order valence-corrected chi connectivity index (χ0v) is 19.8. The first-order valence-electron chi connectivity index (χ1n) is 10.5. The summed E-state index contributed by atoms with van der Waals surface area (Å²) in [5, 5.41) is 0.657. The normalized spacial score (nSPS) is 11.2. The van der Waals surface area contributed by atoms with Gasteiger partial charge in [-0.2, -0.15) is 0 Å². The Balaban J connectivity index is 1.68. The molecule has 2 aromatic carbocycles. The summed E-state index contributed by atoms with van der Waals surface area (Å²) in [5.74, 6) is 1.08. The molecule has 0 N–H and O–H groups in total. The molecule has 2 heterocycles. The molecule has 0 atom stereocenters. The van der Waals surface area contributed by atoms with Crippen molar-refractivity contribution in [2.24, 2.45) is 0 Å². The Morgan fingerprint density at radius 2 is 1.91 bits per heavy atom. The van der Waals surface area contributed by atoms with Crippen LogP contribution in [0.2, 0.25) is 0 Å². The smallest absolute Gasteiger partial charge is 0.253 e. The van der Waals surface area contributed by atoms with Gasteiger partial charge in [0.2, 0.25) is 0 Å². The van der Waals surface area contributed by atoms with Crippen LogP contribution in [-0.2, 0) is 11.3 Å². The third-order valence-electron chi connectivity index (χ3n) is 5.20. The fraction of sp³-hybridized carbons (Fsp3) is 0.192. The molecule has 4 rings (SSSR count). The number of aromatic nitrogens is 2. The number of benzene rings is 2. The van der Waals surface area contributed by atoms with Crippen LogP contribution < -0.4 is 14.4 Å². The molecule has 0 saturated carbocycles. The molecule has 4 aromatic rings.